The maximum absolute atomic E-state index is 15.0. The van der Waals surface area contributed by atoms with E-state index in [0.29, 0.717) is 6.61 Å². The maximum Gasteiger partial charge on any atom is 0.418 e. The van der Waals surface area contributed by atoms with Crippen molar-refractivity contribution in [2.24, 2.45) is 0 Å². The average Bonchev–Trinajstić information content (AvgIpc) is 3.27. The lowest BCUT2D eigenvalue weighted by Gasteiger charge is -2.15. The second-order valence-corrected chi connectivity index (χ2v) is 16.5. The first-order valence-electron chi connectivity index (χ1n) is 13.0. The predicted molar refractivity (Wildman–Crippen MR) is 150 cm³/mol. The summed E-state index contributed by atoms with van der Waals surface area (Å²) in [6.45, 7) is 8.55. The number of aryl methyl sites for hydroxylation is 1. The van der Waals surface area contributed by atoms with Gasteiger partial charge in [0.05, 0.1) is 10.9 Å². The van der Waals surface area contributed by atoms with Gasteiger partial charge >= 0.3 is 12.2 Å². The number of aromatic nitrogens is 3. The van der Waals surface area contributed by atoms with Gasteiger partial charge in [-0.2, -0.15) is 13.2 Å². The van der Waals surface area contributed by atoms with Crippen LogP contribution in [0, 0.1) is 18.6 Å². The molecule has 2 N–H and O–H groups in total. The summed E-state index contributed by atoms with van der Waals surface area (Å²) in [4.78, 5) is 20.4. The second kappa shape index (κ2) is 12.4. The Kier molecular flexibility index (Phi) is 9.16. The Hall–Kier alpha value is -4.04. The van der Waals surface area contributed by atoms with Crippen LogP contribution in [0.15, 0.2) is 48.9 Å². The minimum absolute atomic E-state index is 0.118. The smallest absolute Gasteiger partial charge is 0.418 e. The molecule has 1 aromatic carbocycles. The molecule has 0 spiro atoms. The van der Waals surface area contributed by atoms with Gasteiger partial charge in [0.2, 0.25) is 0 Å². The number of fused-ring (bicyclic) bond motifs is 1. The molecule has 0 aliphatic heterocycles. The maximum atomic E-state index is 15.0. The first kappa shape index (κ1) is 30.9. The minimum Gasteiger partial charge on any atom is -0.450 e. The van der Waals surface area contributed by atoms with Crippen molar-refractivity contribution in [3.63, 3.8) is 0 Å². The Morgan fingerprint density at radius 3 is 2.38 bits per heavy atom. The molecule has 3 heterocycles. The number of nitrogens with zero attached hydrogens (tertiary/aromatic N) is 3. The van der Waals surface area contributed by atoms with E-state index in [1.165, 1.54) is 10.8 Å². The number of alkyl halides is 3. The summed E-state index contributed by atoms with van der Waals surface area (Å²) in [6.07, 6.45) is -1.21. The van der Waals surface area contributed by atoms with Crippen LogP contribution in [-0.4, -0.2) is 35.2 Å². The van der Waals surface area contributed by atoms with E-state index in [-0.39, 0.29) is 24.6 Å². The Morgan fingerprint density at radius 2 is 1.74 bits per heavy atom. The number of amides is 2. The molecule has 224 valence electrons. The molecule has 0 aliphatic carbocycles. The van der Waals surface area contributed by atoms with Crippen molar-refractivity contribution in [2.45, 2.75) is 52.1 Å². The van der Waals surface area contributed by atoms with Crippen LogP contribution in [-0.2, 0) is 24.2 Å². The van der Waals surface area contributed by atoms with Gasteiger partial charge in [-0.05, 0) is 36.7 Å². The van der Waals surface area contributed by atoms with E-state index in [0.717, 1.165) is 41.7 Å². The Labute approximate surface area is 239 Å². The van der Waals surface area contributed by atoms with Crippen molar-refractivity contribution in [3.8, 4) is 11.5 Å². The molecule has 0 unspecified atom stereocenters. The SMILES string of the molecule is Cc1cc(CNC(=O)Nc2cc(F)c(Oc3ccnc4c3c(C(F)(F)F)cn4COCC[Si](C)(C)C)c(F)c2)ccn1. The molecule has 4 rings (SSSR count). The third kappa shape index (κ3) is 7.82. The van der Waals surface area contributed by atoms with Gasteiger partial charge < -0.3 is 24.7 Å². The number of hydrogen-bond donors (Lipinski definition) is 2. The monoisotopic (exact) mass is 607 g/mol. The van der Waals surface area contributed by atoms with Gasteiger partial charge in [0, 0.05) is 63.3 Å². The number of anilines is 1. The summed E-state index contributed by atoms with van der Waals surface area (Å²) in [5, 5.41) is 4.41. The van der Waals surface area contributed by atoms with Crippen LogP contribution in [0.5, 0.6) is 11.5 Å². The van der Waals surface area contributed by atoms with Crippen molar-refractivity contribution in [2.75, 3.05) is 11.9 Å². The zero-order valence-corrected chi connectivity index (χ0v) is 24.4. The number of ether oxygens (including phenoxy) is 2. The van der Waals surface area contributed by atoms with Crippen LogP contribution < -0.4 is 15.4 Å². The molecule has 2 amide bonds. The molecule has 4 aromatic rings. The lowest BCUT2D eigenvalue weighted by Crippen LogP contribution is -2.28. The molecular formula is C28H30F5N5O3Si. The third-order valence-corrected chi connectivity index (χ3v) is 7.84. The van der Waals surface area contributed by atoms with E-state index < -0.39 is 54.4 Å². The van der Waals surface area contributed by atoms with Crippen LogP contribution in [0.2, 0.25) is 25.7 Å². The van der Waals surface area contributed by atoms with Crippen molar-refractivity contribution in [1.82, 2.24) is 19.9 Å². The number of halogens is 5. The van der Waals surface area contributed by atoms with E-state index in [1.807, 2.05) is 0 Å². The van der Waals surface area contributed by atoms with Crippen LogP contribution in [0.1, 0.15) is 16.8 Å². The number of carbonyl (C=O) groups excluding carboxylic acids is 1. The van der Waals surface area contributed by atoms with Gasteiger partial charge in [0.1, 0.15) is 18.1 Å². The fraction of sp³-hybridized carbons (Fsp3) is 0.321. The van der Waals surface area contributed by atoms with E-state index in [2.05, 4.69) is 40.2 Å². The number of carbonyl (C=O) groups is 1. The van der Waals surface area contributed by atoms with E-state index in [9.17, 15) is 26.7 Å². The Morgan fingerprint density at radius 1 is 1.05 bits per heavy atom. The summed E-state index contributed by atoms with van der Waals surface area (Å²) in [6, 6.07) is 6.25. The molecule has 0 fully saturated rings. The highest BCUT2D eigenvalue weighted by molar-refractivity contribution is 6.76. The van der Waals surface area contributed by atoms with E-state index in [1.54, 1.807) is 25.3 Å². The summed E-state index contributed by atoms with van der Waals surface area (Å²) >= 11 is 0. The van der Waals surface area contributed by atoms with E-state index in [4.69, 9.17) is 9.47 Å². The lowest BCUT2D eigenvalue weighted by atomic mass is 10.2. The van der Waals surface area contributed by atoms with Crippen LogP contribution in [0.3, 0.4) is 0 Å². The number of hydrogen-bond acceptors (Lipinski definition) is 5. The van der Waals surface area contributed by atoms with Gasteiger partial charge in [-0.25, -0.2) is 18.6 Å². The first-order chi connectivity index (χ1) is 19.7. The highest BCUT2D eigenvalue weighted by atomic mass is 28.3. The summed E-state index contributed by atoms with van der Waals surface area (Å²) in [5.41, 5.74) is 0.0963. The molecule has 0 bridgehead atoms. The van der Waals surface area contributed by atoms with Gasteiger partial charge in [0.15, 0.2) is 17.4 Å². The molecule has 0 saturated carbocycles. The quantitative estimate of drug-likeness (QED) is 0.111. The zero-order valence-electron chi connectivity index (χ0n) is 23.4. The van der Waals surface area contributed by atoms with Gasteiger partial charge in [-0.15, -0.1) is 0 Å². The zero-order chi connectivity index (χ0) is 30.7. The van der Waals surface area contributed by atoms with Crippen LogP contribution in [0.4, 0.5) is 32.4 Å². The normalized spacial score (nSPS) is 12.0. The molecule has 14 heteroatoms. The molecule has 3 aromatic heterocycles. The first-order valence-corrected chi connectivity index (χ1v) is 16.7. The number of pyridine rings is 2. The van der Waals surface area contributed by atoms with Crippen molar-refractivity contribution < 1.29 is 36.2 Å². The van der Waals surface area contributed by atoms with Gasteiger partial charge in [-0.1, -0.05) is 19.6 Å². The minimum atomic E-state index is -4.81. The van der Waals surface area contributed by atoms with E-state index >= 15 is 0 Å². The average molecular weight is 608 g/mol. The van der Waals surface area contributed by atoms with Gasteiger partial charge in [0.25, 0.3) is 0 Å². The van der Waals surface area contributed by atoms with Crippen LogP contribution in [0.25, 0.3) is 11.0 Å². The molecule has 42 heavy (non-hydrogen) atoms. The largest absolute Gasteiger partial charge is 0.450 e. The number of rotatable bonds is 10. The fourth-order valence-corrected chi connectivity index (χ4v) is 4.79. The standard InChI is InChI=1S/C28H30F5N5O3Si/c1-17-11-18(5-7-34-17)14-36-27(39)37-19-12-21(29)25(22(30)13-19)41-23-6-8-35-26-24(23)20(28(31,32)33)15-38(26)16-40-9-10-42(2,3)4/h5-8,11-13,15H,9-10,14,16H2,1-4H3,(H2,36,37,39). The predicted octanol–water partition coefficient (Wildman–Crippen LogP) is 7.46. The molecule has 0 saturated heterocycles. The number of benzene rings is 1. The highest BCUT2D eigenvalue weighted by Crippen LogP contribution is 2.42. The number of nitrogens with one attached hydrogen (secondary N) is 2. The highest BCUT2D eigenvalue weighted by Gasteiger charge is 2.37. The molecule has 0 atom stereocenters. The Balaban J connectivity index is 1.54. The topological polar surface area (TPSA) is 90.3 Å². The van der Waals surface area contributed by atoms with Crippen LogP contribution >= 0.6 is 0 Å². The summed E-state index contributed by atoms with van der Waals surface area (Å²) < 4.78 is 84.1. The lowest BCUT2D eigenvalue weighted by molar-refractivity contribution is -0.136. The number of urea groups is 1. The van der Waals surface area contributed by atoms with Crippen molar-refractivity contribution in [1.29, 1.82) is 0 Å². The molecule has 0 aliphatic rings. The second-order valence-electron chi connectivity index (χ2n) is 10.9. The van der Waals surface area contributed by atoms with Crippen molar-refractivity contribution in [3.05, 3.63) is 77.4 Å². The van der Waals surface area contributed by atoms with Crippen molar-refractivity contribution >= 4 is 30.8 Å². The summed E-state index contributed by atoms with van der Waals surface area (Å²) in [5.74, 6) is -3.85. The molecule has 0 radical (unpaired) electrons. The molecular weight excluding hydrogens is 577 g/mol. The third-order valence-electron chi connectivity index (χ3n) is 6.13. The Bertz CT molecular complexity index is 1560. The molecule has 8 nitrogen and oxygen atoms in total. The summed E-state index contributed by atoms with van der Waals surface area (Å²) in [7, 11) is -1.42. The van der Waals surface area contributed by atoms with Gasteiger partial charge in [-0.3, -0.25) is 4.98 Å². The fourth-order valence-electron chi connectivity index (χ4n) is 4.04.